The maximum Gasteiger partial charge on any atom is 0.324 e. The van der Waals surface area contributed by atoms with E-state index < -0.39 is 47.2 Å². The van der Waals surface area contributed by atoms with Crippen LogP contribution < -0.4 is 10.7 Å². The molecular weight excluding hydrogens is 845 g/mol. The van der Waals surface area contributed by atoms with Gasteiger partial charge in [-0.25, -0.2) is 10.4 Å². The van der Waals surface area contributed by atoms with Gasteiger partial charge in [-0.3, -0.25) is 34.0 Å². The van der Waals surface area contributed by atoms with Crippen molar-refractivity contribution in [3.63, 3.8) is 0 Å². The number of likely N-dealkylation sites (N-methyl/N-ethyl adjacent to an activating group) is 1. The highest BCUT2D eigenvalue weighted by atomic mass is 32.1. The van der Waals surface area contributed by atoms with Crippen molar-refractivity contribution in [2.75, 3.05) is 40.4 Å². The molecule has 7 rings (SSSR count). The van der Waals surface area contributed by atoms with Crippen LogP contribution in [0.25, 0.3) is 33.4 Å². The molecule has 0 saturated carbocycles. The van der Waals surface area contributed by atoms with Crippen LogP contribution in [0, 0.1) is 29.1 Å². The van der Waals surface area contributed by atoms with E-state index in [0.717, 1.165) is 44.7 Å². The molecule has 1 unspecified atom stereocenters. The molecule has 15 nitrogen and oxygen atoms in total. The van der Waals surface area contributed by atoms with Crippen LogP contribution in [0.1, 0.15) is 90.1 Å². The second-order valence-electron chi connectivity index (χ2n) is 18.5. The molecule has 4 amide bonds. The lowest BCUT2D eigenvalue weighted by molar-refractivity contribution is -0.155. The molecule has 6 heterocycles. The zero-order chi connectivity index (χ0) is 46.7. The fourth-order valence-electron chi connectivity index (χ4n) is 9.50. The van der Waals surface area contributed by atoms with Crippen molar-refractivity contribution in [2.24, 2.45) is 17.3 Å². The highest BCUT2D eigenvalue weighted by Crippen LogP contribution is 2.42. The number of hydrogen-bond acceptors (Lipinski definition) is 11. The van der Waals surface area contributed by atoms with E-state index in [1.807, 2.05) is 32.2 Å². The number of hydrogen-bond donors (Lipinski definition) is 2. The minimum Gasteiger partial charge on any atom is -0.464 e. The number of cyclic esters (lactones) is 1. The average Bonchev–Trinajstić information content (AvgIpc) is 4.05. The van der Waals surface area contributed by atoms with Gasteiger partial charge in [-0.05, 0) is 88.1 Å². The number of benzene rings is 1. The number of carbonyl (C=O) groups excluding carboxylic acids is 5. The Bertz CT molecular complexity index is 2520. The van der Waals surface area contributed by atoms with Crippen LogP contribution in [0.4, 0.5) is 0 Å². The first-order valence-electron chi connectivity index (χ1n) is 22.7. The van der Waals surface area contributed by atoms with Gasteiger partial charge < -0.3 is 29.2 Å². The molecule has 16 heteroatoms. The molecule has 2 saturated heterocycles. The van der Waals surface area contributed by atoms with Gasteiger partial charge in [0.2, 0.25) is 11.8 Å². The van der Waals surface area contributed by atoms with Crippen LogP contribution in [0.3, 0.4) is 0 Å². The van der Waals surface area contributed by atoms with Crippen LogP contribution >= 0.6 is 11.3 Å². The molecule has 2 fully saturated rings. The Balaban J connectivity index is 1.26. The predicted molar refractivity (Wildman–Crippen MR) is 249 cm³/mol. The lowest BCUT2D eigenvalue weighted by atomic mass is 9.84. The van der Waals surface area contributed by atoms with Gasteiger partial charge in [0.15, 0.2) is 0 Å². The Labute approximate surface area is 385 Å². The van der Waals surface area contributed by atoms with E-state index in [2.05, 4.69) is 72.2 Å². The molecule has 3 aliphatic heterocycles. The average molecular weight is 907 g/mol. The van der Waals surface area contributed by atoms with Gasteiger partial charge in [0, 0.05) is 85.8 Å². The second-order valence-corrected chi connectivity index (χ2v) is 19.5. The van der Waals surface area contributed by atoms with Crippen molar-refractivity contribution in [2.45, 2.75) is 111 Å². The lowest BCUT2D eigenvalue weighted by Crippen LogP contribution is -2.62. The largest absolute Gasteiger partial charge is 0.464 e. The summed E-state index contributed by atoms with van der Waals surface area (Å²) in [7, 11) is 3.28. The van der Waals surface area contributed by atoms with E-state index in [9.17, 15) is 24.0 Å². The summed E-state index contributed by atoms with van der Waals surface area (Å²) in [5.74, 6) is 2.40. The van der Waals surface area contributed by atoms with Crippen LogP contribution in [-0.4, -0.2) is 117 Å². The standard InChI is InChI=1S/C49H62N8O7S/c1-10-14-41(58)55-22-19-32(26-55)46(60)54(8)43(29(3)4)45(59)52-37-24-40-51-38(27-65-40)31-17-18-39-34(23-31)35(44(56(39)11-2)33-15-12-20-50-42(33)30(5)63-9)25-49(6,7)28-64-48(62)36-16-13-21-57(53-36)47(37)61/h12,15,17-18,20,23,27,29-30,32,36-37,43,53H,11,13,16,19,21-22,24-26,28H2,1-9H3,(H,52,59)/t30-,32-,36-,37-,43?/m0/s1. The van der Waals surface area contributed by atoms with Crippen molar-refractivity contribution in [1.82, 2.24) is 40.1 Å². The number of pyridine rings is 1. The third-order valence-corrected chi connectivity index (χ3v) is 13.7. The van der Waals surface area contributed by atoms with Crippen molar-refractivity contribution in [3.8, 4) is 34.4 Å². The minimum absolute atomic E-state index is 0.0721. The second kappa shape index (κ2) is 19.9. The first-order valence-corrected chi connectivity index (χ1v) is 23.5. The SMILES string of the molecule is CC#CC(=O)N1CC[C@H](C(=O)N(C)C(C(=O)N[C@H]2Cc3nc(cs3)-c3ccc4c(c3)c(c(-c3cccnc3[C@H](C)OC)n4CC)CC(C)(C)COC(=O)[C@@H]3CCCN(N3)C2=O)C(C)C)C1. The molecule has 0 aliphatic carbocycles. The maximum absolute atomic E-state index is 14.6. The molecule has 65 heavy (non-hydrogen) atoms. The molecule has 0 radical (unpaired) electrons. The third-order valence-electron chi connectivity index (χ3n) is 12.9. The van der Waals surface area contributed by atoms with Gasteiger partial charge in [0.1, 0.15) is 18.1 Å². The van der Waals surface area contributed by atoms with Crippen LogP contribution in [-0.2, 0) is 52.8 Å². The lowest BCUT2D eigenvalue weighted by Gasteiger charge is -2.36. The molecule has 3 aromatic heterocycles. The first-order chi connectivity index (χ1) is 31.0. The van der Waals surface area contributed by atoms with Gasteiger partial charge in [-0.2, -0.15) is 0 Å². The summed E-state index contributed by atoms with van der Waals surface area (Å²) < 4.78 is 14.2. The highest BCUT2D eigenvalue weighted by Gasteiger charge is 2.40. The molecule has 346 valence electrons. The Morgan fingerprint density at radius 1 is 1.14 bits per heavy atom. The summed E-state index contributed by atoms with van der Waals surface area (Å²) in [5.41, 5.74) is 9.24. The summed E-state index contributed by atoms with van der Waals surface area (Å²) in [5, 5.41) is 8.08. The van der Waals surface area contributed by atoms with Crippen molar-refractivity contribution >= 4 is 51.8 Å². The van der Waals surface area contributed by atoms with Crippen molar-refractivity contribution in [1.29, 1.82) is 0 Å². The topological polar surface area (TPSA) is 168 Å². The smallest absolute Gasteiger partial charge is 0.324 e. The predicted octanol–water partition coefficient (Wildman–Crippen LogP) is 5.56. The van der Waals surface area contributed by atoms with Crippen molar-refractivity contribution < 1.29 is 33.4 Å². The molecule has 6 bridgehead atoms. The first kappa shape index (κ1) is 47.3. The monoisotopic (exact) mass is 906 g/mol. The van der Waals surface area contributed by atoms with Crippen molar-refractivity contribution in [3.05, 3.63) is 58.2 Å². The number of aromatic nitrogens is 3. The Morgan fingerprint density at radius 2 is 1.92 bits per heavy atom. The number of aryl methyl sites for hydroxylation is 1. The van der Waals surface area contributed by atoms with Gasteiger partial charge in [0.05, 0.1) is 40.7 Å². The van der Waals surface area contributed by atoms with E-state index in [0.29, 0.717) is 50.3 Å². The van der Waals surface area contributed by atoms with Crippen LogP contribution in [0.15, 0.2) is 41.9 Å². The van der Waals surface area contributed by atoms with Crippen LogP contribution in [0.2, 0.25) is 0 Å². The normalized spacial score (nSPS) is 21.0. The summed E-state index contributed by atoms with van der Waals surface area (Å²) in [6.07, 6.45) is 3.64. The zero-order valence-corrected chi connectivity index (χ0v) is 39.8. The van der Waals surface area contributed by atoms with E-state index in [-0.39, 0.29) is 43.4 Å². The maximum atomic E-state index is 14.6. The number of rotatable bonds is 9. The molecule has 5 atom stereocenters. The summed E-state index contributed by atoms with van der Waals surface area (Å²) in [6.45, 7) is 15.4. The molecule has 3 aliphatic rings. The number of nitrogens with one attached hydrogen (secondary N) is 2. The number of hydrazine groups is 1. The Kier molecular flexibility index (Phi) is 14.5. The number of fused-ring (bicyclic) bond motifs is 6. The number of nitrogens with zero attached hydrogens (tertiary/aromatic N) is 6. The van der Waals surface area contributed by atoms with E-state index in [1.54, 1.807) is 32.2 Å². The number of ether oxygens (including phenoxy) is 2. The number of methoxy groups -OCH3 is 1. The Morgan fingerprint density at radius 3 is 2.65 bits per heavy atom. The molecule has 4 aromatic rings. The summed E-state index contributed by atoms with van der Waals surface area (Å²) in [6, 6.07) is 7.60. The zero-order valence-electron chi connectivity index (χ0n) is 39.0. The Hall–Kier alpha value is -5.63. The van der Waals surface area contributed by atoms with Gasteiger partial charge in [0.25, 0.3) is 11.8 Å². The number of amides is 4. The number of carbonyl (C=O) groups is 5. The number of thiazole rings is 1. The fraction of sp³-hybridized carbons (Fsp3) is 0.531. The summed E-state index contributed by atoms with van der Waals surface area (Å²) >= 11 is 1.40. The molecule has 1 aromatic carbocycles. The third kappa shape index (κ3) is 9.97. The quantitative estimate of drug-likeness (QED) is 0.160. The number of esters is 1. The highest BCUT2D eigenvalue weighted by molar-refractivity contribution is 7.10. The fourth-order valence-corrected chi connectivity index (χ4v) is 10.4. The summed E-state index contributed by atoms with van der Waals surface area (Å²) in [4.78, 5) is 82.2. The number of likely N-dealkylation sites (tertiary alicyclic amines) is 1. The molecular formula is C49H62N8O7S. The molecule has 2 N–H and O–H groups in total. The minimum atomic E-state index is -1.09. The van der Waals surface area contributed by atoms with Gasteiger partial charge in [-0.1, -0.05) is 39.7 Å². The van der Waals surface area contributed by atoms with Gasteiger partial charge in [-0.15, -0.1) is 11.3 Å². The van der Waals surface area contributed by atoms with E-state index >= 15 is 0 Å². The van der Waals surface area contributed by atoms with E-state index in [1.165, 1.54) is 21.2 Å². The van der Waals surface area contributed by atoms with E-state index in [4.69, 9.17) is 19.4 Å². The molecule has 0 spiro atoms. The van der Waals surface area contributed by atoms with Crippen LogP contribution in [0.5, 0.6) is 0 Å². The van der Waals surface area contributed by atoms with Gasteiger partial charge >= 0.3 is 5.97 Å².